The number of hydrogen-bond donors (Lipinski definition) is 1. The van der Waals surface area contributed by atoms with Gasteiger partial charge in [0.2, 0.25) is 6.41 Å². The van der Waals surface area contributed by atoms with Crippen molar-refractivity contribution in [2.75, 3.05) is 45.3 Å². The molecule has 0 saturated carbocycles. The van der Waals surface area contributed by atoms with E-state index in [2.05, 4.69) is 34.3 Å². The summed E-state index contributed by atoms with van der Waals surface area (Å²) in [5.74, 6) is -2.97. The van der Waals surface area contributed by atoms with E-state index >= 15 is 0 Å². The van der Waals surface area contributed by atoms with E-state index in [1.807, 2.05) is 32.3 Å². The zero-order chi connectivity index (χ0) is 27.9. The third-order valence-electron chi connectivity index (χ3n) is 7.05. The summed E-state index contributed by atoms with van der Waals surface area (Å²) in [6, 6.07) is 14.5. The van der Waals surface area contributed by atoms with Crippen LogP contribution in [0.15, 0.2) is 54.6 Å². The molecular formula is C30H37Cl2F3N4O2. The van der Waals surface area contributed by atoms with E-state index < -0.39 is 17.5 Å². The molecule has 0 bridgehead atoms. The molecule has 3 aromatic rings. The van der Waals surface area contributed by atoms with Crippen LogP contribution in [0, 0.1) is 24.4 Å². The average Bonchev–Trinajstić information content (AvgIpc) is 2.92. The van der Waals surface area contributed by atoms with Crippen molar-refractivity contribution in [3.8, 4) is 11.5 Å². The Morgan fingerprint density at radius 2 is 1.61 bits per heavy atom. The summed E-state index contributed by atoms with van der Waals surface area (Å²) in [5, 5.41) is 1.55. The number of carbonyl (C=O) groups excluding carboxylic acids is 1. The maximum absolute atomic E-state index is 13.9. The van der Waals surface area contributed by atoms with Gasteiger partial charge in [0.05, 0.1) is 5.69 Å². The predicted octanol–water partition coefficient (Wildman–Crippen LogP) is 6.46. The van der Waals surface area contributed by atoms with E-state index in [1.165, 1.54) is 11.1 Å². The van der Waals surface area contributed by atoms with Gasteiger partial charge in [-0.3, -0.25) is 9.69 Å². The third-order valence-corrected chi connectivity index (χ3v) is 7.05. The minimum Gasteiger partial charge on any atom is -0.454 e. The molecule has 4 rings (SSSR count). The van der Waals surface area contributed by atoms with Crippen LogP contribution in [0.2, 0.25) is 0 Å². The summed E-state index contributed by atoms with van der Waals surface area (Å²) >= 11 is 0. The number of benzene rings is 3. The van der Waals surface area contributed by atoms with Gasteiger partial charge in [-0.1, -0.05) is 18.2 Å². The molecule has 1 saturated heterocycles. The number of likely N-dealkylation sites (N-methyl/N-ethyl adjacent to an activating group) is 1. The van der Waals surface area contributed by atoms with Crippen molar-refractivity contribution in [2.24, 2.45) is 0 Å². The van der Waals surface area contributed by atoms with E-state index in [4.69, 9.17) is 4.74 Å². The summed E-state index contributed by atoms with van der Waals surface area (Å²) in [5.41, 5.74) is 7.61. The molecule has 3 aromatic carbocycles. The minimum atomic E-state index is -1.25. The van der Waals surface area contributed by atoms with Crippen molar-refractivity contribution in [1.29, 1.82) is 0 Å². The van der Waals surface area contributed by atoms with Gasteiger partial charge in [-0.2, -0.15) is 0 Å². The Balaban J connectivity index is 0.00000294. The maximum atomic E-state index is 13.9. The molecule has 1 aliphatic rings. The number of likely N-dealkylation sites (tertiary alicyclic amines) is 1. The van der Waals surface area contributed by atoms with Crippen molar-refractivity contribution < 1.29 is 22.7 Å². The SMILES string of the molecule is Cc1ccc(N(C=O)NCCN(C)C)cc1C1CCN(Cc2ccc(Oc3cc(F)c(F)cc3F)cc2)CC1.Cl.Cl. The highest BCUT2D eigenvalue weighted by atomic mass is 35.5. The van der Waals surface area contributed by atoms with E-state index in [0.29, 0.717) is 30.3 Å². The number of hydrazine groups is 1. The minimum absolute atomic E-state index is 0. The number of ether oxygens (including phenoxy) is 1. The molecule has 6 nitrogen and oxygen atoms in total. The molecule has 224 valence electrons. The molecule has 1 heterocycles. The average molecular weight is 614 g/mol. The Morgan fingerprint density at radius 3 is 2.24 bits per heavy atom. The topological polar surface area (TPSA) is 48.1 Å². The molecule has 41 heavy (non-hydrogen) atoms. The number of nitrogens with one attached hydrogen (secondary N) is 1. The monoisotopic (exact) mass is 612 g/mol. The third kappa shape index (κ3) is 9.34. The van der Waals surface area contributed by atoms with E-state index in [0.717, 1.165) is 56.7 Å². The van der Waals surface area contributed by atoms with Crippen LogP contribution in [0.5, 0.6) is 11.5 Å². The molecule has 0 aliphatic carbocycles. The lowest BCUT2D eigenvalue weighted by molar-refractivity contribution is -0.108. The fourth-order valence-corrected chi connectivity index (χ4v) is 4.83. The number of nitrogens with zero attached hydrogens (tertiary/aromatic N) is 3. The van der Waals surface area contributed by atoms with Gasteiger partial charge in [0.1, 0.15) is 5.75 Å². The van der Waals surface area contributed by atoms with Gasteiger partial charge in [-0.05, 0) is 93.8 Å². The molecule has 11 heteroatoms. The van der Waals surface area contributed by atoms with Crippen molar-refractivity contribution in [1.82, 2.24) is 15.2 Å². The normalized spacial score (nSPS) is 13.8. The molecule has 0 spiro atoms. The molecule has 0 radical (unpaired) electrons. The number of hydrogen-bond acceptors (Lipinski definition) is 5. The first-order chi connectivity index (χ1) is 18.7. The second kappa shape index (κ2) is 16.0. The predicted molar refractivity (Wildman–Crippen MR) is 161 cm³/mol. The zero-order valence-corrected chi connectivity index (χ0v) is 25.0. The first-order valence-electron chi connectivity index (χ1n) is 13.1. The summed E-state index contributed by atoms with van der Waals surface area (Å²) in [7, 11) is 3.99. The van der Waals surface area contributed by atoms with Crippen molar-refractivity contribution in [3.63, 3.8) is 0 Å². The summed E-state index contributed by atoms with van der Waals surface area (Å²) in [6.45, 7) is 6.24. The van der Waals surface area contributed by atoms with Crippen LogP contribution in [0.1, 0.15) is 35.4 Å². The van der Waals surface area contributed by atoms with Crippen LogP contribution in [-0.2, 0) is 11.3 Å². The standard InChI is InChI=1S/C30H35F3N4O2.2ClH/c1-21-4-7-24(37(20-38)34-12-15-35(2)3)16-26(21)23-10-13-36(14-11-23)19-22-5-8-25(9-6-22)39-30-18-28(32)27(31)17-29(30)33;;/h4-9,16-18,20,23,34H,10-15,19H2,1-3H3;2*1H. The Labute approximate surface area is 252 Å². The molecular weight excluding hydrogens is 576 g/mol. The van der Waals surface area contributed by atoms with Crippen LogP contribution in [0.3, 0.4) is 0 Å². The molecule has 1 amide bonds. The zero-order valence-electron chi connectivity index (χ0n) is 23.4. The van der Waals surface area contributed by atoms with Crippen molar-refractivity contribution in [2.45, 2.75) is 32.2 Å². The fraction of sp³-hybridized carbons (Fsp3) is 0.367. The van der Waals surface area contributed by atoms with Crippen LogP contribution in [-0.4, -0.2) is 56.5 Å². The van der Waals surface area contributed by atoms with Gasteiger partial charge in [0.25, 0.3) is 0 Å². The molecule has 0 aromatic heterocycles. The molecule has 0 unspecified atom stereocenters. The Hall–Kier alpha value is -2.82. The summed E-state index contributed by atoms with van der Waals surface area (Å²) in [6.07, 6.45) is 2.84. The van der Waals surface area contributed by atoms with Gasteiger partial charge in [-0.25, -0.2) is 23.6 Å². The van der Waals surface area contributed by atoms with E-state index in [1.54, 1.807) is 17.1 Å². The maximum Gasteiger partial charge on any atom is 0.228 e. The van der Waals surface area contributed by atoms with Gasteiger partial charge in [0.15, 0.2) is 23.2 Å². The van der Waals surface area contributed by atoms with Crippen LogP contribution in [0.4, 0.5) is 18.9 Å². The van der Waals surface area contributed by atoms with Crippen LogP contribution >= 0.6 is 24.8 Å². The lowest BCUT2D eigenvalue weighted by atomic mass is 9.86. The van der Waals surface area contributed by atoms with Gasteiger partial charge < -0.3 is 9.64 Å². The number of piperidine rings is 1. The van der Waals surface area contributed by atoms with Gasteiger partial charge in [-0.15, -0.1) is 24.8 Å². The second-order valence-electron chi connectivity index (χ2n) is 10.2. The first kappa shape index (κ1) is 34.4. The Morgan fingerprint density at radius 1 is 0.951 bits per heavy atom. The fourth-order valence-electron chi connectivity index (χ4n) is 4.83. The Bertz CT molecular complexity index is 1270. The van der Waals surface area contributed by atoms with Crippen LogP contribution in [0.25, 0.3) is 0 Å². The van der Waals surface area contributed by atoms with E-state index in [9.17, 15) is 18.0 Å². The van der Waals surface area contributed by atoms with Gasteiger partial charge in [0, 0.05) is 31.8 Å². The quantitative estimate of drug-likeness (QED) is 0.153. The first-order valence-corrected chi connectivity index (χ1v) is 13.1. The number of rotatable bonds is 11. The highest BCUT2D eigenvalue weighted by Crippen LogP contribution is 2.33. The van der Waals surface area contributed by atoms with Crippen LogP contribution < -0.4 is 15.2 Å². The highest BCUT2D eigenvalue weighted by molar-refractivity contribution is 5.85. The molecule has 1 N–H and O–H groups in total. The number of halogens is 5. The Kier molecular flexibility index (Phi) is 13.4. The van der Waals surface area contributed by atoms with Gasteiger partial charge >= 0.3 is 0 Å². The summed E-state index contributed by atoms with van der Waals surface area (Å²) < 4.78 is 45.9. The van der Waals surface area contributed by atoms with Crippen molar-refractivity contribution >= 4 is 36.9 Å². The molecule has 0 atom stereocenters. The number of carbonyl (C=O) groups is 1. The number of aryl methyl sites for hydroxylation is 1. The highest BCUT2D eigenvalue weighted by Gasteiger charge is 2.23. The lowest BCUT2D eigenvalue weighted by Crippen LogP contribution is -2.40. The van der Waals surface area contributed by atoms with E-state index in [-0.39, 0.29) is 30.6 Å². The largest absolute Gasteiger partial charge is 0.454 e. The second-order valence-corrected chi connectivity index (χ2v) is 10.2. The molecule has 1 aliphatic heterocycles. The van der Waals surface area contributed by atoms with Crippen molar-refractivity contribution in [3.05, 3.63) is 88.7 Å². The summed E-state index contributed by atoms with van der Waals surface area (Å²) in [4.78, 5) is 16.2. The lowest BCUT2D eigenvalue weighted by Gasteiger charge is -2.33. The number of amides is 1. The smallest absolute Gasteiger partial charge is 0.228 e. The molecule has 1 fully saturated rings. The number of anilines is 1.